The maximum absolute atomic E-state index is 11.8. The van der Waals surface area contributed by atoms with Crippen LogP contribution in [0.3, 0.4) is 0 Å². The largest absolute Gasteiger partial charge is 0.353 e. The van der Waals surface area contributed by atoms with Crippen LogP contribution >= 0.6 is 0 Å². The number of hydrogen-bond donors (Lipinski definition) is 1. The van der Waals surface area contributed by atoms with Crippen molar-refractivity contribution in [3.8, 4) is 0 Å². The van der Waals surface area contributed by atoms with E-state index in [2.05, 4.69) is 47.3 Å². The fourth-order valence-electron chi connectivity index (χ4n) is 2.56. The number of benzene rings is 1. The molecule has 100 valence electrons. The van der Waals surface area contributed by atoms with Crippen LogP contribution in [0.25, 0.3) is 10.9 Å². The Hall–Kier alpha value is -1.77. The standard InChI is InChI=1S/C16H20N2O/c1-2-12-4-3-5-13-8-10-18(16(12)13)11-9-15(19)17-14-6-7-14/h3-5,8,10,14H,2,6-7,9,11H2,1H3,(H,17,19). The smallest absolute Gasteiger partial charge is 0.222 e. The first kappa shape index (κ1) is 12.3. The minimum atomic E-state index is 0.179. The number of amides is 1. The zero-order valence-electron chi connectivity index (χ0n) is 11.4. The van der Waals surface area contributed by atoms with Crippen LogP contribution in [-0.4, -0.2) is 16.5 Å². The van der Waals surface area contributed by atoms with Gasteiger partial charge in [0.1, 0.15) is 0 Å². The summed E-state index contributed by atoms with van der Waals surface area (Å²) in [6.45, 7) is 2.94. The molecule has 0 aliphatic heterocycles. The number of fused-ring (bicyclic) bond motifs is 1. The van der Waals surface area contributed by atoms with Crippen molar-refractivity contribution in [2.45, 2.75) is 45.2 Å². The average molecular weight is 256 g/mol. The number of carbonyl (C=O) groups is 1. The fourth-order valence-corrected chi connectivity index (χ4v) is 2.56. The number of nitrogens with zero attached hydrogens (tertiary/aromatic N) is 1. The van der Waals surface area contributed by atoms with Gasteiger partial charge < -0.3 is 9.88 Å². The summed E-state index contributed by atoms with van der Waals surface area (Å²) in [5.74, 6) is 0.179. The van der Waals surface area contributed by atoms with E-state index in [0.717, 1.165) is 25.8 Å². The van der Waals surface area contributed by atoms with E-state index in [9.17, 15) is 4.79 Å². The molecule has 1 fully saturated rings. The first-order chi connectivity index (χ1) is 9.28. The van der Waals surface area contributed by atoms with E-state index in [1.165, 1.54) is 16.5 Å². The van der Waals surface area contributed by atoms with Gasteiger partial charge in [-0.3, -0.25) is 4.79 Å². The van der Waals surface area contributed by atoms with Crippen LogP contribution in [0.2, 0.25) is 0 Å². The molecule has 0 bridgehead atoms. The first-order valence-corrected chi connectivity index (χ1v) is 7.14. The second-order valence-electron chi connectivity index (χ2n) is 5.31. The number of aromatic nitrogens is 1. The Kier molecular flexibility index (Phi) is 3.28. The average Bonchev–Trinajstić information content (AvgIpc) is 3.13. The molecule has 3 rings (SSSR count). The van der Waals surface area contributed by atoms with E-state index in [0.29, 0.717) is 12.5 Å². The Bertz CT molecular complexity index is 596. The summed E-state index contributed by atoms with van der Waals surface area (Å²) in [7, 11) is 0. The van der Waals surface area contributed by atoms with Crippen molar-refractivity contribution < 1.29 is 4.79 Å². The Morgan fingerprint density at radius 1 is 1.37 bits per heavy atom. The van der Waals surface area contributed by atoms with E-state index in [1.54, 1.807) is 0 Å². The molecule has 3 nitrogen and oxygen atoms in total. The Balaban J connectivity index is 1.74. The van der Waals surface area contributed by atoms with Crippen molar-refractivity contribution in [1.82, 2.24) is 9.88 Å². The highest BCUT2D eigenvalue weighted by Gasteiger charge is 2.22. The van der Waals surface area contributed by atoms with Crippen molar-refractivity contribution in [1.29, 1.82) is 0 Å². The molecule has 1 aromatic heterocycles. The highest BCUT2D eigenvalue weighted by Crippen LogP contribution is 2.22. The minimum absolute atomic E-state index is 0.179. The number of hydrogen-bond acceptors (Lipinski definition) is 1. The lowest BCUT2D eigenvalue weighted by atomic mass is 10.1. The Labute approximate surface area is 113 Å². The number of carbonyl (C=O) groups excluding carboxylic acids is 1. The number of nitrogens with one attached hydrogen (secondary N) is 1. The van der Waals surface area contributed by atoms with E-state index < -0.39 is 0 Å². The van der Waals surface area contributed by atoms with E-state index in [1.807, 2.05) is 0 Å². The Morgan fingerprint density at radius 3 is 2.95 bits per heavy atom. The van der Waals surface area contributed by atoms with E-state index >= 15 is 0 Å². The molecule has 0 radical (unpaired) electrons. The number of aryl methyl sites for hydroxylation is 2. The lowest BCUT2D eigenvalue weighted by molar-refractivity contribution is -0.121. The summed E-state index contributed by atoms with van der Waals surface area (Å²) in [5.41, 5.74) is 2.63. The number of rotatable bonds is 5. The van der Waals surface area contributed by atoms with Crippen molar-refractivity contribution in [2.24, 2.45) is 0 Å². The summed E-state index contributed by atoms with van der Waals surface area (Å²) in [5, 5.41) is 4.31. The summed E-state index contributed by atoms with van der Waals surface area (Å²) < 4.78 is 2.21. The molecule has 2 aromatic rings. The maximum Gasteiger partial charge on any atom is 0.222 e. The second kappa shape index (κ2) is 5.08. The minimum Gasteiger partial charge on any atom is -0.353 e. The van der Waals surface area contributed by atoms with Crippen molar-refractivity contribution in [2.75, 3.05) is 0 Å². The molecule has 0 spiro atoms. The molecule has 1 amide bonds. The molecule has 0 unspecified atom stereocenters. The molecule has 1 aliphatic rings. The van der Waals surface area contributed by atoms with E-state index in [-0.39, 0.29) is 5.91 Å². The fraction of sp³-hybridized carbons (Fsp3) is 0.438. The lowest BCUT2D eigenvalue weighted by Crippen LogP contribution is -2.26. The topological polar surface area (TPSA) is 34.0 Å². The van der Waals surface area contributed by atoms with Gasteiger partial charge in [-0.15, -0.1) is 0 Å². The maximum atomic E-state index is 11.8. The number of para-hydroxylation sites is 1. The zero-order valence-corrected chi connectivity index (χ0v) is 11.4. The molecule has 1 aliphatic carbocycles. The lowest BCUT2D eigenvalue weighted by Gasteiger charge is -2.09. The third kappa shape index (κ3) is 2.65. The van der Waals surface area contributed by atoms with Gasteiger partial charge in [-0.05, 0) is 36.3 Å². The van der Waals surface area contributed by atoms with Crippen molar-refractivity contribution in [3.63, 3.8) is 0 Å². The normalized spacial score (nSPS) is 14.8. The van der Waals surface area contributed by atoms with Crippen LogP contribution in [0.1, 0.15) is 31.7 Å². The molecular formula is C16H20N2O. The summed E-state index contributed by atoms with van der Waals surface area (Å²) >= 11 is 0. The van der Waals surface area contributed by atoms with E-state index in [4.69, 9.17) is 0 Å². The predicted octanol–water partition coefficient (Wildman–Crippen LogP) is 2.87. The van der Waals surface area contributed by atoms with Gasteiger partial charge in [-0.1, -0.05) is 25.1 Å². The molecule has 0 atom stereocenters. The summed E-state index contributed by atoms with van der Waals surface area (Å²) in [6.07, 6.45) is 5.98. The molecule has 3 heteroatoms. The molecule has 19 heavy (non-hydrogen) atoms. The van der Waals surface area contributed by atoms with Gasteiger partial charge in [0.25, 0.3) is 0 Å². The zero-order chi connectivity index (χ0) is 13.2. The van der Waals surface area contributed by atoms with Crippen LogP contribution < -0.4 is 5.32 Å². The van der Waals surface area contributed by atoms with Gasteiger partial charge in [0.2, 0.25) is 5.91 Å². The predicted molar refractivity (Wildman–Crippen MR) is 77.1 cm³/mol. The van der Waals surface area contributed by atoms with Gasteiger partial charge in [0.15, 0.2) is 0 Å². The van der Waals surface area contributed by atoms with Crippen LogP contribution in [-0.2, 0) is 17.8 Å². The van der Waals surface area contributed by atoms with Gasteiger partial charge >= 0.3 is 0 Å². The van der Waals surface area contributed by atoms with Crippen LogP contribution in [0.5, 0.6) is 0 Å². The molecular weight excluding hydrogens is 236 g/mol. The first-order valence-electron chi connectivity index (χ1n) is 7.14. The molecule has 1 N–H and O–H groups in total. The molecule has 1 heterocycles. The van der Waals surface area contributed by atoms with Gasteiger partial charge in [0, 0.05) is 25.2 Å². The van der Waals surface area contributed by atoms with Gasteiger partial charge in [-0.25, -0.2) is 0 Å². The quantitative estimate of drug-likeness (QED) is 0.877. The van der Waals surface area contributed by atoms with Gasteiger partial charge in [0.05, 0.1) is 5.52 Å². The molecule has 0 saturated heterocycles. The third-order valence-corrected chi connectivity index (χ3v) is 3.78. The van der Waals surface area contributed by atoms with Gasteiger partial charge in [-0.2, -0.15) is 0 Å². The monoisotopic (exact) mass is 256 g/mol. The second-order valence-corrected chi connectivity index (χ2v) is 5.31. The SMILES string of the molecule is CCc1cccc2ccn(CCC(=O)NC3CC3)c12. The van der Waals surface area contributed by atoms with Crippen LogP contribution in [0.4, 0.5) is 0 Å². The Morgan fingerprint density at radius 2 is 2.21 bits per heavy atom. The van der Waals surface area contributed by atoms with Crippen LogP contribution in [0.15, 0.2) is 30.5 Å². The third-order valence-electron chi connectivity index (χ3n) is 3.78. The highest BCUT2D eigenvalue weighted by atomic mass is 16.1. The van der Waals surface area contributed by atoms with Crippen molar-refractivity contribution in [3.05, 3.63) is 36.0 Å². The molecule has 1 aromatic carbocycles. The summed E-state index contributed by atoms with van der Waals surface area (Å²) in [4.78, 5) is 11.8. The molecule has 1 saturated carbocycles. The van der Waals surface area contributed by atoms with Crippen LogP contribution in [0, 0.1) is 0 Å². The highest BCUT2D eigenvalue weighted by molar-refractivity contribution is 5.83. The summed E-state index contributed by atoms with van der Waals surface area (Å²) in [6, 6.07) is 9.00. The van der Waals surface area contributed by atoms with Crippen molar-refractivity contribution >= 4 is 16.8 Å².